The predicted molar refractivity (Wildman–Crippen MR) is 217 cm³/mol. The molecule has 3 heteroatoms. The number of oxazole rings is 1. The van der Waals surface area contributed by atoms with Crippen LogP contribution in [0.2, 0.25) is 0 Å². The van der Waals surface area contributed by atoms with Crippen LogP contribution in [-0.4, -0.2) is 4.98 Å². The zero-order chi connectivity index (χ0) is 35.2. The lowest BCUT2D eigenvalue weighted by molar-refractivity contribution is 0.584. The molecule has 3 nitrogen and oxygen atoms in total. The Labute approximate surface area is 309 Å². The Bertz CT molecular complexity index is 2540. The summed E-state index contributed by atoms with van der Waals surface area (Å²) in [5, 5.41) is 0. The van der Waals surface area contributed by atoms with Crippen LogP contribution in [0.3, 0.4) is 0 Å². The summed E-state index contributed by atoms with van der Waals surface area (Å²) in [4.78, 5) is 7.63. The molecule has 0 saturated carbocycles. The predicted octanol–water partition coefficient (Wildman–Crippen LogP) is 12.8. The second kappa shape index (κ2) is 12.8. The third-order valence-corrected chi connectivity index (χ3v) is 10.9. The van der Waals surface area contributed by atoms with Gasteiger partial charge in [-0.15, -0.1) is 0 Å². The van der Waals surface area contributed by atoms with Crippen LogP contribution in [0.5, 0.6) is 0 Å². The average molecular weight is 681 g/mol. The van der Waals surface area contributed by atoms with Gasteiger partial charge in [-0.1, -0.05) is 158 Å². The van der Waals surface area contributed by atoms with Gasteiger partial charge in [-0.3, -0.25) is 0 Å². The molecular weight excluding hydrogens is 645 g/mol. The van der Waals surface area contributed by atoms with Crippen molar-refractivity contribution in [2.75, 3.05) is 4.90 Å². The van der Waals surface area contributed by atoms with Crippen LogP contribution in [0.25, 0.3) is 27.8 Å². The molecule has 1 atom stereocenters. The molecule has 2 aliphatic carbocycles. The highest BCUT2D eigenvalue weighted by Gasteiger charge is 2.48. The van der Waals surface area contributed by atoms with Gasteiger partial charge in [0.25, 0.3) is 0 Å². The number of hydrogen-bond acceptors (Lipinski definition) is 3. The van der Waals surface area contributed by atoms with Crippen molar-refractivity contribution in [2.24, 2.45) is 0 Å². The Balaban J connectivity index is 1.00. The van der Waals surface area contributed by atoms with Gasteiger partial charge < -0.3 is 9.32 Å². The number of nitrogens with zero attached hydrogens (tertiary/aromatic N) is 2. The number of rotatable bonds is 7. The Morgan fingerprint density at radius 3 is 1.72 bits per heavy atom. The van der Waals surface area contributed by atoms with E-state index in [1.54, 1.807) is 0 Å². The molecule has 0 amide bonds. The Morgan fingerprint density at radius 2 is 1.11 bits per heavy atom. The minimum absolute atomic E-state index is 0.265. The summed E-state index contributed by atoms with van der Waals surface area (Å²) in [6, 6.07) is 64.9. The Kier molecular flexibility index (Phi) is 7.51. The van der Waals surface area contributed by atoms with Crippen LogP contribution < -0.4 is 4.90 Å². The Morgan fingerprint density at radius 1 is 0.547 bits per heavy atom. The van der Waals surface area contributed by atoms with E-state index in [9.17, 15) is 0 Å². The van der Waals surface area contributed by atoms with Crippen molar-refractivity contribution in [2.45, 2.75) is 17.8 Å². The molecule has 53 heavy (non-hydrogen) atoms. The summed E-state index contributed by atoms with van der Waals surface area (Å²) in [7, 11) is 0. The molecule has 8 aromatic rings. The lowest BCUT2D eigenvalue weighted by Crippen LogP contribution is -2.28. The number of hydrogen-bond donors (Lipinski definition) is 0. The molecule has 7 aromatic carbocycles. The molecule has 2 aliphatic rings. The fraction of sp³-hybridized carbons (Fsp3) is 0.0600. The molecule has 0 fully saturated rings. The van der Waals surface area contributed by atoms with E-state index in [0.717, 1.165) is 40.2 Å². The number of benzene rings is 7. The first-order valence-corrected chi connectivity index (χ1v) is 18.3. The van der Waals surface area contributed by atoms with Crippen LogP contribution in [0, 0.1) is 0 Å². The van der Waals surface area contributed by atoms with Crippen LogP contribution in [0.1, 0.15) is 46.0 Å². The van der Waals surface area contributed by atoms with Crippen molar-refractivity contribution < 1.29 is 4.42 Å². The number of aromatic nitrogens is 1. The topological polar surface area (TPSA) is 29.3 Å². The van der Waals surface area contributed by atoms with Crippen molar-refractivity contribution in [1.29, 1.82) is 0 Å². The van der Waals surface area contributed by atoms with Gasteiger partial charge in [-0.05, 0) is 82.3 Å². The molecular formula is C50H36N2O. The van der Waals surface area contributed by atoms with Gasteiger partial charge in [0.2, 0.25) is 5.89 Å². The first kappa shape index (κ1) is 31.1. The van der Waals surface area contributed by atoms with Gasteiger partial charge in [-0.2, -0.15) is 0 Å². The van der Waals surface area contributed by atoms with Gasteiger partial charge in [0.15, 0.2) is 5.58 Å². The third kappa shape index (κ3) is 5.08. The molecule has 252 valence electrons. The number of allylic oxidation sites excluding steroid dienone is 4. The quantitative estimate of drug-likeness (QED) is 0.168. The molecule has 0 radical (unpaired) electrons. The maximum Gasteiger partial charge on any atom is 0.226 e. The summed E-state index contributed by atoms with van der Waals surface area (Å²) in [6.45, 7) is 0. The summed E-state index contributed by atoms with van der Waals surface area (Å²) in [6.07, 6.45) is 7.63. The second-order valence-corrected chi connectivity index (χ2v) is 13.8. The zero-order valence-corrected chi connectivity index (χ0v) is 29.1. The fourth-order valence-corrected chi connectivity index (χ4v) is 8.54. The maximum absolute atomic E-state index is 6.63. The Hall–Kier alpha value is -6.71. The van der Waals surface area contributed by atoms with E-state index in [0.29, 0.717) is 5.89 Å². The summed E-state index contributed by atoms with van der Waals surface area (Å²) in [5.74, 6) is 0.924. The van der Waals surface area contributed by atoms with Crippen molar-refractivity contribution in [1.82, 2.24) is 4.98 Å². The first-order valence-electron chi connectivity index (χ1n) is 18.3. The zero-order valence-electron chi connectivity index (χ0n) is 29.1. The molecule has 0 aliphatic heterocycles. The molecule has 10 rings (SSSR count). The summed E-state index contributed by atoms with van der Waals surface area (Å²) >= 11 is 0. The average Bonchev–Trinajstić information content (AvgIpc) is 3.81. The van der Waals surface area contributed by atoms with Gasteiger partial charge in [-0.25, -0.2) is 4.98 Å². The van der Waals surface area contributed by atoms with E-state index in [1.165, 1.54) is 38.9 Å². The third-order valence-electron chi connectivity index (χ3n) is 10.9. The normalized spacial score (nSPS) is 15.5. The summed E-state index contributed by atoms with van der Waals surface area (Å²) in [5.41, 5.74) is 14.2. The smallest absolute Gasteiger partial charge is 0.226 e. The highest BCUT2D eigenvalue weighted by atomic mass is 16.3. The molecule has 1 unspecified atom stereocenters. The largest absolute Gasteiger partial charge is 0.436 e. The molecule has 0 saturated heterocycles. The maximum atomic E-state index is 6.63. The van der Waals surface area contributed by atoms with E-state index < -0.39 is 5.41 Å². The minimum atomic E-state index is -0.535. The van der Waals surface area contributed by atoms with Gasteiger partial charge in [0.1, 0.15) is 5.52 Å². The second-order valence-electron chi connectivity index (χ2n) is 13.8. The SMILES string of the molecule is C1=CC(c2ccc(N(c3ccccc3)c3ccccc3)cc2)CC=C1c1nc2c3c(ccc2o1)-c1ccccc1C3(c1ccccc1)c1ccccc1. The lowest BCUT2D eigenvalue weighted by Gasteiger charge is -2.33. The van der Waals surface area contributed by atoms with Crippen molar-refractivity contribution in [3.63, 3.8) is 0 Å². The van der Waals surface area contributed by atoms with Gasteiger partial charge in [0, 0.05) is 34.1 Å². The van der Waals surface area contributed by atoms with Crippen LogP contribution >= 0.6 is 0 Å². The van der Waals surface area contributed by atoms with E-state index in [4.69, 9.17) is 9.40 Å². The minimum Gasteiger partial charge on any atom is -0.436 e. The van der Waals surface area contributed by atoms with Crippen LogP contribution in [-0.2, 0) is 5.41 Å². The molecule has 0 bridgehead atoms. The standard InChI is InChI=1S/C50H36N2O/c1-5-15-38(16-6-1)50(39-17-7-2-8-18-39)45-24-14-13-23-43(45)44-33-34-46-48(47(44)50)51-49(53-46)37-27-25-35(26-28-37)36-29-31-42(32-30-36)52(40-19-9-3-10-20-40)41-21-11-4-12-22-41/h1-25,27-35H,26H2. The fourth-order valence-electron chi connectivity index (χ4n) is 8.54. The highest BCUT2D eigenvalue weighted by molar-refractivity contribution is 5.97. The molecule has 1 heterocycles. The van der Waals surface area contributed by atoms with Crippen molar-refractivity contribution >= 4 is 33.7 Å². The van der Waals surface area contributed by atoms with Gasteiger partial charge in [0.05, 0.1) is 5.41 Å². The first-order chi connectivity index (χ1) is 26.3. The van der Waals surface area contributed by atoms with E-state index in [1.807, 2.05) is 0 Å². The number of fused-ring (bicyclic) bond motifs is 5. The summed E-state index contributed by atoms with van der Waals surface area (Å²) < 4.78 is 6.63. The van der Waals surface area contributed by atoms with Crippen LogP contribution in [0.4, 0.5) is 17.1 Å². The van der Waals surface area contributed by atoms with E-state index in [-0.39, 0.29) is 5.92 Å². The van der Waals surface area contributed by atoms with Crippen LogP contribution in [0.15, 0.2) is 205 Å². The molecule has 1 aromatic heterocycles. The number of para-hydroxylation sites is 2. The van der Waals surface area contributed by atoms with Crippen molar-refractivity contribution in [3.05, 3.63) is 234 Å². The highest BCUT2D eigenvalue weighted by Crippen LogP contribution is 2.58. The molecule has 0 spiro atoms. The number of anilines is 3. The monoisotopic (exact) mass is 680 g/mol. The van der Waals surface area contributed by atoms with E-state index in [2.05, 4.69) is 205 Å². The van der Waals surface area contributed by atoms with E-state index >= 15 is 0 Å². The molecule has 0 N–H and O–H groups in total. The van der Waals surface area contributed by atoms with Gasteiger partial charge >= 0.3 is 0 Å². The van der Waals surface area contributed by atoms with Crippen molar-refractivity contribution in [3.8, 4) is 11.1 Å². The lowest BCUT2D eigenvalue weighted by atomic mass is 9.67.